The quantitative estimate of drug-likeness (QED) is 0.905. The van der Waals surface area contributed by atoms with Gasteiger partial charge >= 0.3 is 0 Å². The maximum Gasteiger partial charge on any atom is 0.0370 e. The third-order valence-electron chi connectivity index (χ3n) is 4.39. The highest BCUT2D eigenvalue weighted by molar-refractivity contribution is 9.10. The monoisotopic (exact) mass is 324 g/mol. The Kier molecular flexibility index (Phi) is 5.43. The van der Waals surface area contributed by atoms with Crippen molar-refractivity contribution in [3.63, 3.8) is 0 Å². The first-order valence-electron chi connectivity index (χ1n) is 7.21. The standard InChI is InChI=1S/C16H25BrN2/c1-18-15-10-6-13(7-11-15)16(19(2)3)12-4-8-14(17)9-5-12/h4-5,8-9,13,15-16,18H,6-7,10-11H2,1-3H3. The molecule has 106 valence electrons. The van der Waals surface area contributed by atoms with Crippen LogP contribution in [0, 0.1) is 5.92 Å². The minimum absolute atomic E-state index is 0.547. The van der Waals surface area contributed by atoms with Gasteiger partial charge < -0.3 is 10.2 Å². The van der Waals surface area contributed by atoms with Gasteiger partial charge in [0.1, 0.15) is 0 Å². The molecule has 0 saturated heterocycles. The van der Waals surface area contributed by atoms with E-state index in [0.717, 1.165) is 16.4 Å². The maximum atomic E-state index is 3.52. The van der Waals surface area contributed by atoms with Gasteiger partial charge in [0.05, 0.1) is 0 Å². The summed E-state index contributed by atoms with van der Waals surface area (Å²) in [7, 11) is 6.50. The lowest BCUT2D eigenvalue weighted by Gasteiger charge is -2.37. The third kappa shape index (κ3) is 3.80. The molecule has 2 rings (SSSR count). The first kappa shape index (κ1) is 15.0. The van der Waals surface area contributed by atoms with E-state index in [1.165, 1.54) is 31.2 Å². The van der Waals surface area contributed by atoms with Crippen molar-refractivity contribution in [2.45, 2.75) is 37.8 Å². The van der Waals surface area contributed by atoms with Crippen LogP contribution in [-0.2, 0) is 0 Å². The molecule has 1 saturated carbocycles. The summed E-state index contributed by atoms with van der Waals surface area (Å²) < 4.78 is 1.16. The molecule has 1 unspecified atom stereocenters. The molecule has 0 aromatic heterocycles. The van der Waals surface area contributed by atoms with Crippen LogP contribution in [0.4, 0.5) is 0 Å². The number of nitrogens with one attached hydrogen (secondary N) is 1. The summed E-state index contributed by atoms with van der Waals surface area (Å²) in [5.74, 6) is 0.778. The number of hydrogen-bond acceptors (Lipinski definition) is 2. The van der Waals surface area contributed by atoms with Crippen molar-refractivity contribution in [3.05, 3.63) is 34.3 Å². The summed E-state index contributed by atoms with van der Waals surface area (Å²) in [5.41, 5.74) is 1.45. The highest BCUT2D eigenvalue weighted by atomic mass is 79.9. The largest absolute Gasteiger partial charge is 0.317 e. The van der Waals surface area contributed by atoms with Crippen LogP contribution < -0.4 is 5.32 Å². The predicted molar refractivity (Wildman–Crippen MR) is 85.4 cm³/mol. The van der Waals surface area contributed by atoms with Gasteiger partial charge in [-0.25, -0.2) is 0 Å². The summed E-state index contributed by atoms with van der Waals surface area (Å²) in [4.78, 5) is 2.38. The van der Waals surface area contributed by atoms with E-state index in [2.05, 4.69) is 71.6 Å². The second kappa shape index (κ2) is 6.87. The first-order valence-corrected chi connectivity index (χ1v) is 8.00. The fourth-order valence-electron chi connectivity index (χ4n) is 3.38. The zero-order valence-electron chi connectivity index (χ0n) is 12.2. The van der Waals surface area contributed by atoms with Gasteiger partial charge in [0, 0.05) is 16.6 Å². The Morgan fingerprint density at radius 2 is 1.68 bits per heavy atom. The molecular formula is C16H25BrN2. The van der Waals surface area contributed by atoms with Gasteiger partial charge in [-0.3, -0.25) is 0 Å². The molecule has 1 aromatic carbocycles. The molecule has 2 nitrogen and oxygen atoms in total. The number of benzene rings is 1. The van der Waals surface area contributed by atoms with Crippen LogP contribution >= 0.6 is 15.9 Å². The van der Waals surface area contributed by atoms with E-state index in [0.29, 0.717) is 6.04 Å². The molecule has 0 aliphatic heterocycles. The molecule has 1 atom stereocenters. The highest BCUT2D eigenvalue weighted by Crippen LogP contribution is 2.37. The van der Waals surface area contributed by atoms with Crippen LogP contribution in [0.2, 0.25) is 0 Å². The van der Waals surface area contributed by atoms with Crippen LogP contribution in [0.1, 0.15) is 37.3 Å². The number of rotatable bonds is 4. The summed E-state index contributed by atoms with van der Waals surface area (Å²) in [6.07, 6.45) is 5.26. The minimum Gasteiger partial charge on any atom is -0.317 e. The molecule has 0 spiro atoms. The van der Waals surface area contributed by atoms with Crippen LogP contribution in [0.15, 0.2) is 28.7 Å². The van der Waals surface area contributed by atoms with E-state index in [9.17, 15) is 0 Å². The average molecular weight is 325 g/mol. The zero-order valence-corrected chi connectivity index (χ0v) is 13.8. The first-order chi connectivity index (χ1) is 9.11. The van der Waals surface area contributed by atoms with E-state index >= 15 is 0 Å². The highest BCUT2D eigenvalue weighted by Gasteiger charge is 2.29. The SMILES string of the molecule is CNC1CCC(C(c2ccc(Br)cc2)N(C)C)CC1. The summed E-state index contributed by atoms with van der Waals surface area (Å²) in [5, 5.41) is 3.42. The van der Waals surface area contributed by atoms with Gasteiger partial charge in [0.2, 0.25) is 0 Å². The van der Waals surface area contributed by atoms with Crippen molar-refractivity contribution in [2.24, 2.45) is 5.92 Å². The van der Waals surface area contributed by atoms with Crippen molar-refractivity contribution in [1.82, 2.24) is 10.2 Å². The van der Waals surface area contributed by atoms with Crippen LogP contribution in [0.25, 0.3) is 0 Å². The Morgan fingerprint density at radius 3 is 2.16 bits per heavy atom. The van der Waals surface area contributed by atoms with Crippen molar-refractivity contribution in [2.75, 3.05) is 21.1 Å². The lowest BCUT2D eigenvalue weighted by Crippen LogP contribution is -2.35. The molecule has 1 aromatic rings. The molecule has 3 heteroatoms. The molecule has 1 fully saturated rings. The average Bonchev–Trinajstić information content (AvgIpc) is 2.42. The minimum atomic E-state index is 0.547. The van der Waals surface area contributed by atoms with Crippen molar-refractivity contribution >= 4 is 15.9 Å². The molecule has 0 amide bonds. The van der Waals surface area contributed by atoms with Crippen molar-refractivity contribution < 1.29 is 0 Å². The van der Waals surface area contributed by atoms with E-state index < -0.39 is 0 Å². The van der Waals surface area contributed by atoms with Gasteiger partial charge in [-0.2, -0.15) is 0 Å². The second-order valence-electron chi connectivity index (χ2n) is 5.86. The van der Waals surface area contributed by atoms with E-state index in [-0.39, 0.29) is 0 Å². The van der Waals surface area contributed by atoms with Gasteiger partial charge in [0.25, 0.3) is 0 Å². The Morgan fingerprint density at radius 1 is 1.11 bits per heavy atom. The van der Waals surface area contributed by atoms with Gasteiger partial charge in [0.15, 0.2) is 0 Å². The Balaban J connectivity index is 2.10. The maximum absolute atomic E-state index is 3.52. The Labute approximate surface area is 125 Å². The molecule has 1 N–H and O–H groups in total. The van der Waals surface area contributed by atoms with Crippen LogP contribution in [0.3, 0.4) is 0 Å². The summed E-state index contributed by atoms with van der Waals surface area (Å²) in [6, 6.07) is 10.1. The smallest absolute Gasteiger partial charge is 0.0370 e. The lowest BCUT2D eigenvalue weighted by molar-refractivity contribution is 0.159. The number of nitrogens with zero attached hydrogens (tertiary/aromatic N) is 1. The van der Waals surface area contributed by atoms with E-state index in [4.69, 9.17) is 0 Å². The number of hydrogen-bond donors (Lipinski definition) is 1. The normalized spacial score (nSPS) is 25.5. The van der Waals surface area contributed by atoms with E-state index in [1.807, 2.05) is 0 Å². The topological polar surface area (TPSA) is 15.3 Å². The van der Waals surface area contributed by atoms with E-state index in [1.54, 1.807) is 0 Å². The second-order valence-corrected chi connectivity index (χ2v) is 6.78. The van der Waals surface area contributed by atoms with Crippen molar-refractivity contribution in [1.29, 1.82) is 0 Å². The van der Waals surface area contributed by atoms with Crippen LogP contribution in [-0.4, -0.2) is 32.1 Å². The fourth-order valence-corrected chi connectivity index (χ4v) is 3.64. The molecular weight excluding hydrogens is 300 g/mol. The molecule has 0 heterocycles. The van der Waals surface area contributed by atoms with Gasteiger partial charge in [-0.05, 0) is 70.4 Å². The summed E-state index contributed by atoms with van der Waals surface area (Å²) >= 11 is 3.52. The molecule has 1 aliphatic carbocycles. The Hall–Kier alpha value is -0.380. The van der Waals surface area contributed by atoms with Gasteiger partial charge in [-0.1, -0.05) is 28.1 Å². The van der Waals surface area contributed by atoms with Crippen LogP contribution in [0.5, 0.6) is 0 Å². The third-order valence-corrected chi connectivity index (χ3v) is 4.92. The zero-order chi connectivity index (χ0) is 13.8. The molecule has 19 heavy (non-hydrogen) atoms. The molecule has 0 radical (unpaired) electrons. The molecule has 1 aliphatic rings. The Bertz CT molecular complexity index is 380. The number of halogens is 1. The fraction of sp³-hybridized carbons (Fsp3) is 0.625. The predicted octanol–water partition coefficient (Wildman–Crippen LogP) is 3.83. The van der Waals surface area contributed by atoms with Gasteiger partial charge in [-0.15, -0.1) is 0 Å². The van der Waals surface area contributed by atoms with Crippen molar-refractivity contribution in [3.8, 4) is 0 Å². The lowest BCUT2D eigenvalue weighted by atomic mass is 9.79. The molecule has 0 bridgehead atoms. The summed E-state index contributed by atoms with van der Waals surface area (Å²) in [6.45, 7) is 0.